The Morgan fingerprint density at radius 2 is 2.20 bits per heavy atom. The molecule has 0 saturated heterocycles. The predicted octanol–water partition coefficient (Wildman–Crippen LogP) is 2.20. The standard InChI is InChI=1S/C16H15N5O4/c1-3-8-25-15(22)13-10(2)19-16-17-9-18-20(16)14(13)11-4-6-12(7-5-11)21(23)24/h3-7,9,14H,1,8H2,2H3,(H,17,18,19)/t14-/m1/s1. The number of allylic oxidation sites excluding steroid dienone is 1. The number of esters is 1. The lowest BCUT2D eigenvalue weighted by molar-refractivity contribution is -0.384. The quantitative estimate of drug-likeness (QED) is 0.384. The van der Waals surface area contributed by atoms with Gasteiger partial charge in [0, 0.05) is 17.8 Å². The molecular weight excluding hydrogens is 326 g/mol. The molecule has 0 radical (unpaired) electrons. The summed E-state index contributed by atoms with van der Waals surface area (Å²) in [6, 6.07) is 5.35. The molecule has 0 spiro atoms. The fourth-order valence-electron chi connectivity index (χ4n) is 2.65. The lowest BCUT2D eigenvalue weighted by Gasteiger charge is -2.28. The molecule has 1 aliphatic rings. The molecule has 2 aromatic rings. The van der Waals surface area contributed by atoms with E-state index in [1.165, 1.54) is 24.5 Å². The number of non-ortho nitro benzene ring substituents is 1. The molecule has 9 nitrogen and oxygen atoms in total. The number of nitro groups is 1. The fourth-order valence-corrected chi connectivity index (χ4v) is 2.65. The third-order valence-corrected chi connectivity index (χ3v) is 3.77. The molecule has 2 heterocycles. The predicted molar refractivity (Wildman–Crippen MR) is 88.7 cm³/mol. The highest BCUT2D eigenvalue weighted by atomic mass is 16.6. The summed E-state index contributed by atoms with van der Waals surface area (Å²) in [5.41, 5.74) is 1.56. The number of nitrogens with zero attached hydrogens (tertiary/aromatic N) is 4. The number of fused-ring (bicyclic) bond motifs is 1. The molecule has 128 valence electrons. The molecule has 1 atom stereocenters. The van der Waals surface area contributed by atoms with Crippen molar-refractivity contribution in [3.8, 4) is 0 Å². The lowest BCUT2D eigenvalue weighted by Crippen LogP contribution is -2.29. The molecule has 1 aromatic heterocycles. The molecule has 9 heteroatoms. The first-order valence-electron chi connectivity index (χ1n) is 7.42. The number of nitro benzene ring substituents is 1. The molecule has 0 fully saturated rings. The average Bonchev–Trinajstić information content (AvgIpc) is 3.06. The zero-order chi connectivity index (χ0) is 18.0. The van der Waals surface area contributed by atoms with E-state index in [4.69, 9.17) is 4.74 Å². The zero-order valence-electron chi connectivity index (χ0n) is 13.4. The minimum atomic E-state index is -0.600. The van der Waals surface area contributed by atoms with E-state index in [0.29, 0.717) is 22.8 Å². The largest absolute Gasteiger partial charge is 0.458 e. The average molecular weight is 341 g/mol. The summed E-state index contributed by atoms with van der Waals surface area (Å²) in [4.78, 5) is 27.0. The highest BCUT2D eigenvalue weighted by Gasteiger charge is 2.34. The van der Waals surface area contributed by atoms with Crippen molar-refractivity contribution in [2.45, 2.75) is 13.0 Å². The summed E-state index contributed by atoms with van der Waals surface area (Å²) in [7, 11) is 0. The molecule has 0 unspecified atom stereocenters. The van der Waals surface area contributed by atoms with Crippen molar-refractivity contribution < 1.29 is 14.5 Å². The molecule has 1 aromatic carbocycles. The molecule has 0 saturated carbocycles. The van der Waals surface area contributed by atoms with Crippen molar-refractivity contribution >= 4 is 17.6 Å². The normalized spacial score (nSPS) is 16.0. The van der Waals surface area contributed by atoms with Crippen molar-refractivity contribution in [2.75, 3.05) is 11.9 Å². The summed E-state index contributed by atoms with van der Waals surface area (Å²) >= 11 is 0. The molecule has 1 N–H and O–H groups in total. The van der Waals surface area contributed by atoms with Gasteiger partial charge in [-0.05, 0) is 24.6 Å². The van der Waals surface area contributed by atoms with Gasteiger partial charge in [0.2, 0.25) is 5.95 Å². The van der Waals surface area contributed by atoms with E-state index in [1.807, 2.05) is 0 Å². The third-order valence-electron chi connectivity index (χ3n) is 3.77. The minimum absolute atomic E-state index is 0.0343. The fraction of sp³-hybridized carbons (Fsp3) is 0.188. The highest BCUT2D eigenvalue weighted by molar-refractivity contribution is 5.92. The van der Waals surface area contributed by atoms with Crippen LogP contribution < -0.4 is 5.32 Å². The van der Waals surface area contributed by atoms with Crippen LogP contribution in [0.2, 0.25) is 0 Å². The summed E-state index contributed by atoms with van der Waals surface area (Å²) in [6.45, 7) is 5.34. The van der Waals surface area contributed by atoms with Crippen LogP contribution in [0.25, 0.3) is 0 Å². The second kappa shape index (κ2) is 6.56. The van der Waals surface area contributed by atoms with Crippen LogP contribution in [-0.2, 0) is 9.53 Å². The number of ether oxygens (including phenoxy) is 1. The van der Waals surface area contributed by atoms with Crippen LogP contribution in [0.4, 0.5) is 11.6 Å². The Morgan fingerprint density at radius 3 is 2.84 bits per heavy atom. The maximum Gasteiger partial charge on any atom is 0.338 e. The number of hydrogen-bond donors (Lipinski definition) is 1. The van der Waals surface area contributed by atoms with E-state index in [0.717, 1.165) is 0 Å². The van der Waals surface area contributed by atoms with Crippen molar-refractivity contribution in [1.82, 2.24) is 14.8 Å². The van der Waals surface area contributed by atoms with Crippen LogP contribution in [0.5, 0.6) is 0 Å². The number of aromatic nitrogens is 3. The van der Waals surface area contributed by atoms with Gasteiger partial charge in [-0.3, -0.25) is 10.1 Å². The van der Waals surface area contributed by atoms with Gasteiger partial charge >= 0.3 is 5.97 Å². The van der Waals surface area contributed by atoms with Crippen molar-refractivity contribution in [3.63, 3.8) is 0 Å². The number of nitrogens with one attached hydrogen (secondary N) is 1. The monoisotopic (exact) mass is 341 g/mol. The number of anilines is 1. The van der Waals surface area contributed by atoms with Crippen LogP contribution in [-0.4, -0.2) is 32.3 Å². The van der Waals surface area contributed by atoms with Crippen molar-refractivity contribution in [1.29, 1.82) is 0 Å². The van der Waals surface area contributed by atoms with E-state index < -0.39 is 16.9 Å². The van der Waals surface area contributed by atoms with E-state index in [9.17, 15) is 14.9 Å². The minimum Gasteiger partial charge on any atom is -0.458 e. The second-order valence-electron chi connectivity index (χ2n) is 5.33. The van der Waals surface area contributed by atoms with Crippen LogP contribution in [0.1, 0.15) is 18.5 Å². The van der Waals surface area contributed by atoms with E-state index in [1.54, 1.807) is 23.7 Å². The number of carbonyl (C=O) groups is 1. The maximum absolute atomic E-state index is 12.5. The highest BCUT2D eigenvalue weighted by Crippen LogP contribution is 2.35. The van der Waals surface area contributed by atoms with E-state index >= 15 is 0 Å². The molecule has 0 amide bonds. The Kier molecular flexibility index (Phi) is 4.29. The summed E-state index contributed by atoms with van der Waals surface area (Å²) < 4.78 is 6.72. The van der Waals surface area contributed by atoms with Gasteiger partial charge in [0.1, 0.15) is 19.0 Å². The smallest absolute Gasteiger partial charge is 0.338 e. The Morgan fingerprint density at radius 1 is 1.48 bits per heavy atom. The summed E-state index contributed by atoms with van der Waals surface area (Å²) in [6.07, 6.45) is 2.85. The lowest BCUT2D eigenvalue weighted by atomic mass is 9.95. The number of hydrogen-bond acceptors (Lipinski definition) is 7. The van der Waals surface area contributed by atoms with Crippen LogP contribution in [0, 0.1) is 10.1 Å². The Hall–Kier alpha value is -3.49. The second-order valence-corrected chi connectivity index (χ2v) is 5.33. The number of rotatable bonds is 5. The molecule has 0 aliphatic carbocycles. The topological polar surface area (TPSA) is 112 Å². The van der Waals surface area contributed by atoms with Crippen LogP contribution >= 0.6 is 0 Å². The number of benzene rings is 1. The summed E-state index contributed by atoms with van der Waals surface area (Å²) in [5, 5.41) is 18.0. The molecule has 1 aliphatic heterocycles. The van der Waals surface area contributed by atoms with Gasteiger partial charge in [-0.1, -0.05) is 12.7 Å². The Bertz CT molecular complexity index is 869. The van der Waals surface area contributed by atoms with Gasteiger partial charge in [-0.2, -0.15) is 10.1 Å². The van der Waals surface area contributed by atoms with Crippen LogP contribution in [0.3, 0.4) is 0 Å². The Balaban J connectivity index is 2.07. The number of carbonyl (C=O) groups excluding carboxylic acids is 1. The zero-order valence-corrected chi connectivity index (χ0v) is 13.4. The molecule has 0 bridgehead atoms. The van der Waals surface area contributed by atoms with Gasteiger partial charge < -0.3 is 10.1 Å². The molecule has 25 heavy (non-hydrogen) atoms. The Labute approximate surface area is 142 Å². The van der Waals surface area contributed by atoms with Gasteiger partial charge in [-0.15, -0.1) is 0 Å². The molecular formula is C16H15N5O4. The third kappa shape index (κ3) is 2.99. The van der Waals surface area contributed by atoms with Crippen LogP contribution in [0.15, 0.2) is 54.5 Å². The SMILES string of the molecule is C=CCOC(=O)C1=C(C)Nc2ncnn2[C@@H]1c1ccc([N+](=O)[O-])cc1. The van der Waals surface area contributed by atoms with Gasteiger partial charge in [-0.25, -0.2) is 9.48 Å². The van der Waals surface area contributed by atoms with Gasteiger partial charge in [0.05, 0.1) is 10.5 Å². The molecule has 3 rings (SSSR count). The van der Waals surface area contributed by atoms with Gasteiger partial charge in [0.25, 0.3) is 5.69 Å². The first kappa shape index (κ1) is 16.4. The van der Waals surface area contributed by atoms with Gasteiger partial charge in [0.15, 0.2) is 0 Å². The van der Waals surface area contributed by atoms with Crippen molar-refractivity contribution in [3.05, 3.63) is 70.2 Å². The van der Waals surface area contributed by atoms with E-state index in [-0.39, 0.29) is 12.3 Å². The summed E-state index contributed by atoms with van der Waals surface area (Å²) in [5.74, 6) is -0.0458. The van der Waals surface area contributed by atoms with Crippen molar-refractivity contribution in [2.24, 2.45) is 0 Å². The first-order chi connectivity index (χ1) is 12.0. The van der Waals surface area contributed by atoms with E-state index in [2.05, 4.69) is 22.0 Å². The maximum atomic E-state index is 12.5. The first-order valence-corrected chi connectivity index (χ1v) is 7.42.